The molecule has 2 amide bonds. The molecule has 1 saturated carbocycles. The van der Waals surface area contributed by atoms with E-state index in [1.807, 2.05) is 4.90 Å². The van der Waals surface area contributed by atoms with Crippen LogP contribution in [-0.2, 0) is 20.9 Å². The van der Waals surface area contributed by atoms with Crippen LogP contribution in [0.15, 0.2) is 24.3 Å². The van der Waals surface area contributed by atoms with E-state index >= 15 is 0 Å². The Labute approximate surface area is 140 Å². The fraction of sp³-hybridized carbons (Fsp3) is 0.556. The molecule has 3 fully saturated rings. The highest BCUT2D eigenvalue weighted by Gasteiger charge is 2.44. The lowest BCUT2D eigenvalue weighted by Crippen LogP contribution is -2.56. The molecule has 128 valence electrons. The smallest absolute Gasteiger partial charge is 0.228 e. The molecule has 0 radical (unpaired) electrons. The summed E-state index contributed by atoms with van der Waals surface area (Å²) >= 11 is 0. The van der Waals surface area contributed by atoms with Gasteiger partial charge in [-0.3, -0.25) is 9.59 Å². The zero-order valence-corrected chi connectivity index (χ0v) is 13.5. The molecule has 24 heavy (non-hydrogen) atoms. The van der Waals surface area contributed by atoms with Crippen LogP contribution in [-0.4, -0.2) is 53.4 Å². The number of halogens is 1. The van der Waals surface area contributed by atoms with Crippen LogP contribution in [0.1, 0.15) is 24.8 Å². The van der Waals surface area contributed by atoms with Gasteiger partial charge in [0.2, 0.25) is 11.8 Å². The minimum atomic E-state index is -0.269. The van der Waals surface area contributed by atoms with Crippen molar-refractivity contribution in [1.29, 1.82) is 0 Å². The number of rotatable bonds is 5. The lowest BCUT2D eigenvalue weighted by atomic mass is 10.0. The zero-order chi connectivity index (χ0) is 16.7. The minimum absolute atomic E-state index is 0.0507. The van der Waals surface area contributed by atoms with E-state index in [-0.39, 0.29) is 36.3 Å². The van der Waals surface area contributed by atoms with E-state index in [0.29, 0.717) is 37.7 Å². The molecule has 0 N–H and O–H groups in total. The second kappa shape index (κ2) is 6.16. The number of nitrogens with zero attached hydrogens (tertiary/aromatic N) is 2. The molecule has 0 unspecified atom stereocenters. The maximum Gasteiger partial charge on any atom is 0.228 e. The van der Waals surface area contributed by atoms with Gasteiger partial charge >= 0.3 is 0 Å². The molecule has 3 aliphatic rings. The first-order valence-electron chi connectivity index (χ1n) is 8.55. The number of hydrogen-bond acceptors (Lipinski definition) is 3. The molecule has 2 heterocycles. The molecule has 2 saturated heterocycles. The van der Waals surface area contributed by atoms with Crippen molar-refractivity contribution >= 4 is 11.8 Å². The quantitative estimate of drug-likeness (QED) is 0.822. The minimum Gasteiger partial charge on any atom is -0.370 e. The fourth-order valence-electron chi connectivity index (χ4n) is 3.44. The summed E-state index contributed by atoms with van der Waals surface area (Å²) in [5.41, 5.74) is 0.531. The molecular weight excluding hydrogens is 311 g/mol. The highest BCUT2D eigenvalue weighted by molar-refractivity contribution is 5.90. The Kier molecular flexibility index (Phi) is 4.00. The van der Waals surface area contributed by atoms with Crippen molar-refractivity contribution in [3.63, 3.8) is 0 Å². The SMILES string of the molecule is O=C([C@H]1CC(=O)N(C2CC2)C1)N1CC(OCc2ccccc2F)C1. The molecule has 1 aromatic carbocycles. The predicted molar refractivity (Wildman–Crippen MR) is 84.4 cm³/mol. The summed E-state index contributed by atoms with van der Waals surface area (Å²) < 4.78 is 19.2. The standard InChI is InChI=1S/C18H21FN2O3/c19-16-4-2-1-3-12(16)11-24-15-9-20(10-15)18(23)13-7-17(22)21(8-13)14-5-6-14/h1-4,13-15H,5-11H2/t13-/m0/s1. The van der Waals surface area contributed by atoms with Crippen LogP contribution >= 0.6 is 0 Å². The Morgan fingerprint density at radius 3 is 2.67 bits per heavy atom. The Morgan fingerprint density at radius 2 is 1.96 bits per heavy atom. The molecule has 0 bridgehead atoms. The van der Waals surface area contributed by atoms with Crippen molar-refractivity contribution in [2.45, 2.75) is 38.0 Å². The monoisotopic (exact) mass is 332 g/mol. The first kappa shape index (κ1) is 15.6. The molecule has 0 spiro atoms. The number of ether oxygens (including phenoxy) is 1. The molecule has 4 rings (SSSR count). The Morgan fingerprint density at radius 1 is 1.21 bits per heavy atom. The van der Waals surface area contributed by atoms with Crippen LogP contribution in [0.5, 0.6) is 0 Å². The molecular formula is C18H21FN2O3. The van der Waals surface area contributed by atoms with Gasteiger partial charge < -0.3 is 14.5 Å². The summed E-state index contributed by atoms with van der Waals surface area (Å²) in [6.07, 6.45) is 2.43. The van der Waals surface area contributed by atoms with Crippen LogP contribution in [0.4, 0.5) is 4.39 Å². The maximum absolute atomic E-state index is 13.5. The second-order valence-electron chi connectivity index (χ2n) is 6.95. The van der Waals surface area contributed by atoms with Crippen LogP contribution in [0.3, 0.4) is 0 Å². The van der Waals surface area contributed by atoms with E-state index in [2.05, 4.69) is 0 Å². The van der Waals surface area contributed by atoms with Gasteiger partial charge in [-0.05, 0) is 18.9 Å². The van der Waals surface area contributed by atoms with Crippen molar-refractivity contribution in [2.24, 2.45) is 5.92 Å². The first-order chi connectivity index (χ1) is 11.6. The highest BCUT2D eigenvalue weighted by atomic mass is 19.1. The van der Waals surface area contributed by atoms with Gasteiger partial charge in [-0.15, -0.1) is 0 Å². The van der Waals surface area contributed by atoms with E-state index in [1.165, 1.54) is 6.07 Å². The van der Waals surface area contributed by atoms with Crippen molar-refractivity contribution in [3.8, 4) is 0 Å². The molecule has 6 heteroatoms. The summed E-state index contributed by atoms with van der Waals surface area (Å²) in [6.45, 7) is 1.85. The van der Waals surface area contributed by atoms with Crippen molar-refractivity contribution < 1.29 is 18.7 Å². The highest BCUT2D eigenvalue weighted by Crippen LogP contribution is 2.33. The van der Waals surface area contributed by atoms with Crippen LogP contribution in [0.25, 0.3) is 0 Å². The predicted octanol–water partition coefficient (Wildman–Crippen LogP) is 1.56. The van der Waals surface area contributed by atoms with Gasteiger partial charge in [0.25, 0.3) is 0 Å². The third kappa shape index (κ3) is 3.02. The van der Waals surface area contributed by atoms with Crippen LogP contribution < -0.4 is 0 Å². The third-order valence-electron chi connectivity index (χ3n) is 5.09. The van der Waals surface area contributed by atoms with Crippen molar-refractivity contribution in [2.75, 3.05) is 19.6 Å². The average molecular weight is 332 g/mol. The molecule has 2 aliphatic heterocycles. The fourth-order valence-corrected chi connectivity index (χ4v) is 3.44. The number of likely N-dealkylation sites (tertiary alicyclic amines) is 2. The Balaban J connectivity index is 1.23. The number of amides is 2. The molecule has 1 atom stereocenters. The van der Waals surface area contributed by atoms with Gasteiger partial charge in [0, 0.05) is 37.7 Å². The first-order valence-corrected chi connectivity index (χ1v) is 8.55. The van der Waals surface area contributed by atoms with Gasteiger partial charge in [0.05, 0.1) is 18.6 Å². The second-order valence-corrected chi connectivity index (χ2v) is 6.95. The van der Waals surface area contributed by atoms with Gasteiger partial charge in [-0.25, -0.2) is 4.39 Å². The normalized spacial score (nSPS) is 24.4. The van der Waals surface area contributed by atoms with Crippen molar-refractivity contribution in [1.82, 2.24) is 9.80 Å². The largest absolute Gasteiger partial charge is 0.370 e. The number of carbonyl (C=O) groups is 2. The van der Waals surface area contributed by atoms with E-state index in [9.17, 15) is 14.0 Å². The summed E-state index contributed by atoms with van der Waals surface area (Å²) in [6, 6.07) is 6.92. The van der Waals surface area contributed by atoms with E-state index < -0.39 is 0 Å². The van der Waals surface area contributed by atoms with E-state index in [4.69, 9.17) is 4.74 Å². The van der Waals surface area contributed by atoms with E-state index in [1.54, 1.807) is 23.1 Å². The number of benzene rings is 1. The number of carbonyl (C=O) groups excluding carboxylic acids is 2. The summed E-state index contributed by atoms with van der Waals surface area (Å²) in [5.74, 6) is -0.305. The van der Waals surface area contributed by atoms with Gasteiger partial charge in [0.1, 0.15) is 5.82 Å². The zero-order valence-electron chi connectivity index (χ0n) is 13.5. The van der Waals surface area contributed by atoms with Crippen molar-refractivity contribution in [3.05, 3.63) is 35.6 Å². The topological polar surface area (TPSA) is 49.9 Å². The molecule has 1 aliphatic carbocycles. The van der Waals surface area contributed by atoms with Gasteiger partial charge in [-0.1, -0.05) is 18.2 Å². The molecule has 1 aromatic rings. The summed E-state index contributed by atoms with van der Waals surface area (Å²) in [5, 5.41) is 0. The molecule has 5 nitrogen and oxygen atoms in total. The van der Waals surface area contributed by atoms with Crippen LogP contribution in [0, 0.1) is 11.7 Å². The Bertz CT molecular complexity index is 655. The summed E-state index contributed by atoms with van der Waals surface area (Å²) in [7, 11) is 0. The maximum atomic E-state index is 13.5. The molecule has 0 aromatic heterocycles. The lowest BCUT2D eigenvalue weighted by Gasteiger charge is -2.40. The van der Waals surface area contributed by atoms with Gasteiger partial charge in [-0.2, -0.15) is 0 Å². The van der Waals surface area contributed by atoms with Gasteiger partial charge in [0.15, 0.2) is 0 Å². The van der Waals surface area contributed by atoms with Crippen LogP contribution in [0.2, 0.25) is 0 Å². The lowest BCUT2D eigenvalue weighted by molar-refractivity contribution is -0.150. The Hall–Kier alpha value is -1.95. The average Bonchev–Trinajstić information content (AvgIpc) is 3.29. The number of hydrogen-bond donors (Lipinski definition) is 0. The van der Waals surface area contributed by atoms with E-state index in [0.717, 1.165) is 12.8 Å². The third-order valence-corrected chi connectivity index (χ3v) is 5.09. The summed E-state index contributed by atoms with van der Waals surface area (Å²) in [4.78, 5) is 28.0.